The summed E-state index contributed by atoms with van der Waals surface area (Å²) in [5.74, 6) is -3.94. The molecule has 0 bridgehead atoms. The lowest BCUT2D eigenvalue weighted by Gasteiger charge is -2.42. The highest BCUT2D eigenvalue weighted by Crippen LogP contribution is 2.45. The van der Waals surface area contributed by atoms with E-state index in [1.54, 1.807) is 11.9 Å². The van der Waals surface area contributed by atoms with Crippen molar-refractivity contribution in [1.82, 2.24) is 19.6 Å². The quantitative estimate of drug-likeness (QED) is 0.799. The van der Waals surface area contributed by atoms with Crippen molar-refractivity contribution in [3.63, 3.8) is 0 Å². The fourth-order valence-electron chi connectivity index (χ4n) is 3.82. The number of carbonyl (C=O) groups is 2. The number of aryl methyl sites for hydroxylation is 1. The maximum absolute atomic E-state index is 14.4. The topological polar surface area (TPSA) is 67.7 Å². The molecule has 0 radical (unpaired) electrons. The van der Waals surface area contributed by atoms with E-state index in [-0.39, 0.29) is 18.1 Å². The maximum Gasteiger partial charge on any atom is 0.272 e. The monoisotopic (exact) mass is 356 g/mol. The number of hydrogen-bond acceptors (Lipinski definition) is 4. The number of ether oxygens (including phenoxy) is 1. The van der Waals surface area contributed by atoms with Crippen molar-refractivity contribution in [3.05, 3.63) is 18.0 Å². The first-order chi connectivity index (χ1) is 11.8. The molecule has 7 nitrogen and oxygen atoms in total. The maximum atomic E-state index is 14.4. The second-order valence-corrected chi connectivity index (χ2v) is 6.85. The molecule has 3 rings (SSSR count). The van der Waals surface area contributed by atoms with Crippen LogP contribution in [0, 0.1) is 5.41 Å². The summed E-state index contributed by atoms with van der Waals surface area (Å²) < 4.78 is 35.1. The van der Waals surface area contributed by atoms with Gasteiger partial charge in [-0.15, -0.1) is 0 Å². The van der Waals surface area contributed by atoms with Gasteiger partial charge in [0, 0.05) is 46.4 Å². The van der Waals surface area contributed by atoms with Crippen LogP contribution in [0.1, 0.15) is 23.3 Å². The van der Waals surface area contributed by atoms with E-state index in [2.05, 4.69) is 5.10 Å². The summed E-state index contributed by atoms with van der Waals surface area (Å²) in [6, 6.07) is 1.49. The third-order valence-electron chi connectivity index (χ3n) is 5.01. The molecule has 0 aromatic carbocycles. The fraction of sp³-hybridized carbons (Fsp3) is 0.688. The summed E-state index contributed by atoms with van der Waals surface area (Å²) in [6.07, 6.45) is 1.25. The number of rotatable bonds is 4. The predicted molar refractivity (Wildman–Crippen MR) is 84.2 cm³/mol. The summed E-state index contributed by atoms with van der Waals surface area (Å²) in [7, 11) is 3.11. The van der Waals surface area contributed by atoms with Crippen LogP contribution < -0.4 is 0 Å². The predicted octanol–water partition coefficient (Wildman–Crippen LogP) is 0.766. The molecule has 1 aromatic heterocycles. The molecule has 2 aliphatic heterocycles. The van der Waals surface area contributed by atoms with Crippen molar-refractivity contribution in [2.24, 2.45) is 12.5 Å². The van der Waals surface area contributed by atoms with Crippen molar-refractivity contribution in [2.75, 3.05) is 39.9 Å². The van der Waals surface area contributed by atoms with Crippen LogP contribution >= 0.6 is 0 Å². The molecule has 0 unspecified atom stereocenters. The fourth-order valence-corrected chi connectivity index (χ4v) is 3.82. The number of carbonyl (C=O) groups excluding carboxylic acids is 2. The Morgan fingerprint density at radius 3 is 2.80 bits per heavy atom. The average molecular weight is 356 g/mol. The smallest absolute Gasteiger partial charge is 0.272 e. The molecule has 2 amide bonds. The molecule has 2 saturated heterocycles. The zero-order chi connectivity index (χ0) is 18.2. The van der Waals surface area contributed by atoms with Gasteiger partial charge in [-0.3, -0.25) is 14.3 Å². The molecule has 0 aliphatic carbocycles. The van der Waals surface area contributed by atoms with Gasteiger partial charge in [0.05, 0.1) is 18.6 Å². The van der Waals surface area contributed by atoms with E-state index in [0.29, 0.717) is 26.1 Å². The molecule has 0 saturated carbocycles. The van der Waals surface area contributed by atoms with Gasteiger partial charge in [-0.05, 0) is 12.5 Å². The minimum atomic E-state index is -3.10. The minimum absolute atomic E-state index is 0.00885. The summed E-state index contributed by atoms with van der Waals surface area (Å²) in [6.45, 7) is 0.471. The van der Waals surface area contributed by atoms with Crippen LogP contribution in [0.5, 0.6) is 0 Å². The van der Waals surface area contributed by atoms with Crippen LogP contribution in [0.15, 0.2) is 12.3 Å². The molecular weight excluding hydrogens is 334 g/mol. The summed E-state index contributed by atoms with van der Waals surface area (Å²) in [4.78, 5) is 28.1. The second-order valence-electron chi connectivity index (χ2n) is 6.85. The van der Waals surface area contributed by atoms with E-state index in [4.69, 9.17) is 4.74 Å². The normalized spacial score (nSPS) is 25.8. The molecule has 3 heterocycles. The summed E-state index contributed by atoms with van der Waals surface area (Å²) in [5, 5.41) is 3.91. The van der Waals surface area contributed by atoms with Gasteiger partial charge in [-0.2, -0.15) is 5.10 Å². The molecule has 0 N–H and O–H groups in total. The Kier molecular flexibility index (Phi) is 4.52. The molecule has 1 atom stereocenters. The Balaban J connectivity index is 1.83. The molecule has 1 spiro atoms. The van der Waals surface area contributed by atoms with Crippen molar-refractivity contribution in [3.8, 4) is 0 Å². The number of nitrogens with zero attached hydrogens (tertiary/aromatic N) is 4. The number of alkyl halides is 2. The lowest BCUT2D eigenvalue weighted by Crippen LogP contribution is -2.57. The molecule has 138 valence electrons. The average Bonchev–Trinajstić information content (AvgIpc) is 3.09. The lowest BCUT2D eigenvalue weighted by molar-refractivity contribution is -0.151. The third-order valence-corrected chi connectivity index (χ3v) is 5.01. The first kappa shape index (κ1) is 17.8. The van der Waals surface area contributed by atoms with Gasteiger partial charge in [-0.25, -0.2) is 8.78 Å². The first-order valence-corrected chi connectivity index (χ1v) is 8.21. The second kappa shape index (κ2) is 6.36. The van der Waals surface area contributed by atoms with Crippen LogP contribution in [-0.4, -0.2) is 77.2 Å². The molecule has 2 aliphatic rings. The van der Waals surface area contributed by atoms with Crippen LogP contribution in [0.2, 0.25) is 0 Å². The number of hydrogen-bond donors (Lipinski definition) is 0. The Morgan fingerprint density at radius 1 is 1.40 bits per heavy atom. The van der Waals surface area contributed by atoms with Crippen molar-refractivity contribution >= 4 is 11.8 Å². The largest absolute Gasteiger partial charge is 0.383 e. The zero-order valence-electron chi connectivity index (χ0n) is 14.4. The molecular formula is C16H22F2N4O3. The SMILES string of the molecule is COCCN1CC[C@]2(CN(C(=O)c3ccnn3C)CC(F)(F)C2)C1=O. The zero-order valence-corrected chi connectivity index (χ0v) is 14.4. The number of aromatic nitrogens is 2. The van der Waals surface area contributed by atoms with Gasteiger partial charge in [0.25, 0.3) is 11.8 Å². The van der Waals surface area contributed by atoms with E-state index in [9.17, 15) is 18.4 Å². The van der Waals surface area contributed by atoms with Gasteiger partial charge in [-0.1, -0.05) is 0 Å². The Morgan fingerprint density at radius 2 is 2.16 bits per heavy atom. The lowest BCUT2D eigenvalue weighted by atomic mass is 9.77. The molecule has 9 heteroatoms. The molecule has 2 fully saturated rings. The highest BCUT2D eigenvalue weighted by atomic mass is 19.3. The van der Waals surface area contributed by atoms with Crippen LogP contribution in [0.3, 0.4) is 0 Å². The van der Waals surface area contributed by atoms with E-state index in [1.165, 1.54) is 24.1 Å². The number of likely N-dealkylation sites (tertiary alicyclic amines) is 2. The van der Waals surface area contributed by atoms with Gasteiger partial charge >= 0.3 is 0 Å². The number of amides is 2. The number of halogens is 2. The number of piperidine rings is 1. The Hall–Kier alpha value is -2.03. The van der Waals surface area contributed by atoms with E-state index < -0.39 is 30.2 Å². The van der Waals surface area contributed by atoms with E-state index in [1.807, 2.05) is 0 Å². The van der Waals surface area contributed by atoms with E-state index in [0.717, 1.165) is 4.90 Å². The van der Waals surface area contributed by atoms with Gasteiger partial charge in [0.1, 0.15) is 5.69 Å². The minimum Gasteiger partial charge on any atom is -0.383 e. The highest BCUT2D eigenvalue weighted by Gasteiger charge is 2.57. The van der Waals surface area contributed by atoms with Crippen molar-refractivity contribution in [1.29, 1.82) is 0 Å². The first-order valence-electron chi connectivity index (χ1n) is 8.21. The van der Waals surface area contributed by atoms with Gasteiger partial charge < -0.3 is 14.5 Å². The highest BCUT2D eigenvalue weighted by molar-refractivity contribution is 5.94. The Labute approximate surface area is 144 Å². The van der Waals surface area contributed by atoms with Gasteiger partial charge in [0.15, 0.2) is 0 Å². The molecule has 25 heavy (non-hydrogen) atoms. The van der Waals surface area contributed by atoms with Gasteiger partial charge in [0.2, 0.25) is 5.91 Å². The summed E-state index contributed by atoms with van der Waals surface area (Å²) >= 11 is 0. The van der Waals surface area contributed by atoms with Crippen LogP contribution in [0.4, 0.5) is 8.78 Å². The van der Waals surface area contributed by atoms with Crippen molar-refractivity contribution in [2.45, 2.75) is 18.8 Å². The van der Waals surface area contributed by atoms with Crippen molar-refractivity contribution < 1.29 is 23.1 Å². The van der Waals surface area contributed by atoms with E-state index >= 15 is 0 Å². The van der Waals surface area contributed by atoms with Crippen LogP contribution in [0.25, 0.3) is 0 Å². The third kappa shape index (κ3) is 3.24. The van der Waals surface area contributed by atoms with Crippen LogP contribution in [-0.2, 0) is 16.6 Å². The number of methoxy groups -OCH3 is 1. The summed E-state index contributed by atoms with van der Waals surface area (Å²) in [5.41, 5.74) is -0.987. The molecule has 1 aromatic rings. The standard InChI is InChI=1S/C16H22F2N4O3/c1-20-12(3-5-19-20)13(23)22-10-15(9-16(17,18)11-22)4-6-21(14(15)24)7-8-25-2/h3,5H,4,6-11H2,1-2H3/t15-/m0/s1. The Bertz CT molecular complexity index is 678.